The predicted molar refractivity (Wildman–Crippen MR) is 104 cm³/mol. The highest BCUT2D eigenvalue weighted by atomic mass is 32.2. The van der Waals surface area contributed by atoms with Crippen LogP contribution in [0.25, 0.3) is 10.8 Å². The van der Waals surface area contributed by atoms with Gasteiger partial charge in [0.15, 0.2) is 0 Å². The standard InChI is InChI=1S/C21H21NO2S/c1-15(21(23)22-14-18-9-5-6-10-20(18)24-2)25-19-12-11-16-7-3-4-8-17(16)13-19/h3-13,15H,14H2,1-2H3,(H,22,23). The molecule has 0 heterocycles. The van der Waals surface area contributed by atoms with Gasteiger partial charge in [0.05, 0.1) is 12.4 Å². The third kappa shape index (κ3) is 4.34. The predicted octanol–water partition coefficient (Wildman–Crippen LogP) is 4.65. The van der Waals surface area contributed by atoms with Gasteiger partial charge in [0.2, 0.25) is 5.91 Å². The molecule has 0 aliphatic rings. The topological polar surface area (TPSA) is 38.3 Å². The Morgan fingerprint density at radius 3 is 2.56 bits per heavy atom. The van der Waals surface area contributed by atoms with Crippen molar-refractivity contribution >= 4 is 28.4 Å². The Hall–Kier alpha value is -2.46. The molecule has 0 fully saturated rings. The molecule has 3 aromatic rings. The van der Waals surface area contributed by atoms with Gasteiger partial charge in [-0.2, -0.15) is 0 Å². The molecule has 0 saturated carbocycles. The molecule has 4 heteroatoms. The Morgan fingerprint density at radius 1 is 1.04 bits per heavy atom. The van der Waals surface area contributed by atoms with Crippen LogP contribution in [0.5, 0.6) is 5.75 Å². The maximum absolute atomic E-state index is 12.4. The van der Waals surface area contributed by atoms with Crippen LogP contribution in [0.2, 0.25) is 0 Å². The Morgan fingerprint density at radius 2 is 1.76 bits per heavy atom. The second-order valence-corrected chi connectivity index (χ2v) is 7.21. The summed E-state index contributed by atoms with van der Waals surface area (Å²) in [5, 5.41) is 5.22. The van der Waals surface area contributed by atoms with Gasteiger partial charge < -0.3 is 10.1 Å². The Labute approximate surface area is 152 Å². The Balaban J connectivity index is 1.61. The average Bonchev–Trinajstić information content (AvgIpc) is 2.66. The van der Waals surface area contributed by atoms with Crippen LogP contribution < -0.4 is 10.1 Å². The number of carbonyl (C=O) groups is 1. The summed E-state index contributed by atoms with van der Waals surface area (Å²) in [6.07, 6.45) is 0. The Bertz CT molecular complexity index is 878. The Kier molecular flexibility index (Phi) is 5.61. The second kappa shape index (κ2) is 8.08. The van der Waals surface area contributed by atoms with Crippen LogP contribution in [-0.2, 0) is 11.3 Å². The number of amides is 1. The lowest BCUT2D eigenvalue weighted by Crippen LogP contribution is -2.30. The van der Waals surface area contributed by atoms with E-state index in [9.17, 15) is 4.79 Å². The van der Waals surface area contributed by atoms with Gasteiger partial charge >= 0.3 is 0 Å². The van der Waals surface area contributed by atoms with Gasteiger partial charge in [-0.3, -0.25) is 4.79 Å². The molecule has 0 aliphatic carbocycles. The molecule has 0 radical (unpaired) electrons. The third-order valence-electron chi connectivity index (χ3n) is 4.05. The first-order valence-corrected chi connectivity index (χ1v) is 9.10. The molecule has 1 atom stereocenters. The lowest BCUT2D eigenvalue weighted by Gasteiger charge is -2.14. The van der Waals surface area contributed by atoms with E-state index in [2.05, 4.69) is 35.6 Å². The van der Waals surface area contributed by atoms with Crippen molar-refractivity contribution in [2.75, 3.05) is 7.11 Å². The smallest absolute Gasteiger partial charge is 0.233 e. The minimum Gasteiger partial charge on any atom is -0.496 e. The molecule has 3 aromatic carbocycles. The molecule has 0 saturated heterocycles. The largest absolute Gasteiger partial charge is 0.496 e. The number of rotatable bonds is 6. The first-order chi connectivity index (χ1) is 12.2. The number of fused-ring (bicyclic) bond motifs is 1. The fourth-order valence-electron chi connectivity index (χ4n) is 2.67. The van der Waals surface area contributed by atoms with Crippen LogP contribution in [-0.4, -0.2) is 18.3 Å². The van der Waals surface area contributed by atoms with Gasteiger partial charge in [-0.1, -0.05) is 48.5 Å². The van der Waals surface area contributed by atoms with E-state index in [1.807, 2.05) is 43.3 Å². The van der Waals surface area contributed by atoms with Crippen LogP contribution >= 0.6 is 11.8 Å². The van der Waals surface area contributed by atoms with Gasteiger partial charge in [-0.15, -0.1) is 11.8 Å². The summed E-state index contributed by atoms with van der Waals surface area (Å²) in [6.45, 7) is 2.39. The van der Waals surface area contributed by atoms with E-state index in [0.717, 1.165) is 16.2 Å². The highest BCUT2D eigenvalue weighted by Gasteiger charge is 2.15. The monoisotopic (exact) mass is 351 g/mol. The summed E-state index contributed by atoms with van der Waals surface area (Å²) in [5.74, 6) is 0.807. The van der Waals surface area contributed by atoms with Gasteiger partial charge in [0.1, 0.15) is 5.75 Å². The van der Waals surface area contributed by atoms with E-state index in [1.165, 1.54) is 10.8 Å². The molecule has 0 bridgehead atoms. The number of ether oxygens (including phenoxy) is 1. The lowest BCUT2D eigenvalue weighted by molar-refractivity contribution is -0.120. The molecule has 0 aliphatic heterocycles. The molecule has 1 amide bonds. The van der Waals surface area contributed by atoms with Gasteiger partial charge in [0.25, 0.3) is 0 Å². The van der Waals surface area contributed by atoms with Gasteiger partial charge in [0, 0.05) is 17.0 Å². The summed E-state index contributed by atoms with van der Waals surface area (Å²) in [6, 6.07) is 22.2. The number of benzene rings is 3. The number of hydrogen-bond acceptors (Lipinski definition) is 3. The maximum Gasteiger partial charge on any atom is 0.233 e. The van der Waals surface area contributed by atoms with Gasteiger partial charge in [-0.05, 0) is 35.9 Å². The molecule has 1 N–H and O–H groups in total. The summed E-state index contributed by atoms with van der Waals surface area (Å²) >= 11 is 1.57. The van der Waals surface area contributed by atoms with Crippen LogP contribution in [0.4, 0.5) is 0 Å². The zero-order chi connectivity index (χ0) is 17.6. The minimum absolute atomic E-state index is 0.0177. The molecule has 0 spiro atoms. The van der Waals surface area contributed by atoms with Crippen molar-refractivity contribution in [2.24, 2.45) is 0 Å². The van der Waals surface area contributed by atoms with E-state index < -0.39 is 0 Å². The number of para-hydroxylation sites is 1. The molecular formula is C21H21NO2S. The van der Waals surface area contributed by atoms with E-state index >= 15 is 0 Å². The van der Waals surface area contributed by atoms with Crippen molar-refractivity contribution in [2.45, 2.75) is 23.6 Å². The van der Waals surface area contributed by atoms with Crippen LogP contribution in [0.15, 0.2) is 71.6 Å². The highest BCUT2D eigenvalue weighted by molar-refractivity contribution is 8.00. The summed E-state index contributed by atoms with van der Waals surface area (Å²) in [5.41, 5.74) is 0.973. The van der Waals surface area contributed by atoms with E-state index in [0.29, 0.717) is 6.54 Å². The zero-order valence-corrected chi connectivity index (χ0v) is 15.2. The number of methoxy groups -OCH3 is 1. The summed E-state index contributed by atoms with van der Waals surface area (Å²) < 4.78 is 5.32. The number of hydrogen-bond donors (Lipinski definition) is 1. The summed E-state index contributed by atoms with van der Waals surface area (Å²) in [7, 11) is 1.64. The van der Waals surface area contributed by atoms with Crippen molar-refractivity contribution in [1.29, 1.82) is 0 Å². The normalized spacial score (nSPS) is 11.9. The van der Waals surface area contributed by atoms with Crippen molar-refractivity contribution < 1.29 is 9.53 Å². The quantitative estimate of drug-likeness (QED) is 0.657. The van der Waals surface area contributed by atoms with Crippen molar-refractivity contribution in [3.63, 3.8) is 0 Å². The van der Waals surface area contributed by atoms with Gasteiger partial charge in [-0.25, -0.2) is 0 Å². The number of carbonyl (C=O) groups excluding carboxylic acids is 1. The number of thioether (sulfide) groups is 1. The molecule has 25 heavy (non-hydrogen) atoms. The molecule has 1 unspecified atom stereocenters. The van der Waals surface area contributed by atoms with Crippen LogP contribution in [0.3, 0.4) is 0 Å². The molecular weight excluding hydrogens is 330 g/mol. The van der Waals surface area contributed by atoms with E-state index in [4.69, 9.17) is 4.74 Å². The zero-order valence-electron chi connectivity index (χ0n) is 14.4. The fraction of sp³-hybridized carbons (Fsp3) is 0.190. The maximum atomic E-state index is 12.4. The SMILES string of the molecule is COc1ccccc1CNC(=O)C(C)Sc1ccc2ccccc2c1. The van der Waals surface area contributed by atoms with E-state index in [1.54, 1.807) is 18.9 Å². The van der Waals surface area contributed by atoms with Crippen LogP contribution in [0.1, 0.15) is 12.5 Å². The third-order valence-corrected chi connectivity index (χ3v) is 5.14. The molecule has 128 valence electrons. The van der Waals surface area contributed by atoms with Crippen molar-refractivity contribution in [1.82, 2.24) is 5.32 Å². The molecule has 0 aromatic heterocycles. The number of nitrogens with one attached hydrogen (secondary N) is 1. The summed E-state index contributed by atoms with van der Waals surface area (Å²) in [4.78, 5) is 13.5. The second-order valence-electron chi connectivity index (χ2n) is 5.80. The molecule has 3 rings (SSSR count). The fourth-order valence-corrected chi connectivity index (χ4v) is 3.61. The lowest BCUT2D eigenvalue weighted by atomic mass is 10.1. The highest BCUT2D eigenvalue weighted by Crippen LogP contribution is 2.27. The first-order valence-electron chi connectivity index (χ1n) is 8.22. The van der Waals surface area contributed by atoms with Crippen molar-refractivity contribution in [3.05, 3.63) is 72.3 Å². The first kappa shape index (κ1) is 17.4. The average molecular weight is 351 g/mol. The minimum atomic E-state index is -0.170. The van der Waals surface area contributed by atoms with E-state index in [-0.39, 0.29) is 11.2 Å². The molecule has 3 nitrogen and oxygen atoms in total. The van der Waals surface area contributed by atoms with Crippen molar-refractivity contribution in [3.8, 4) is 5.75 Å². The van der Waals surface area contributed by atoms with Crippen LogP contribution in [0, 0.1) is 0 Å².